The smallest absolute Gasteiger partial charge is 0.316 e. The van der Waals surface area contributed by atoms with Crippen LogP contribution in [0, 0.1) is 0 Å². The zero-order valence-electron chi connectivity index (χ0n) is 9.55. The van der Waals surface area contributed by atoms with E-state index >= 15 is 0 Å². The molecule has 0 saturated carbocycles. The summed E-state index contributed by atoms with van der Waals surface area (Å²) in [6.45, 7) is 1.89. The van der Waals surface area contributed by atoms with Gasteiger partial charge >= 0.3 is 5.97 Å². The second-order valence-electron chi connectivity index (χ2n) is 3.60. The maximum absolute atomic E-state index is 11.5. The molecule has 5 nitrogen and oxygen atoms in total. The molecule has 1 unspecified atom stereocenters. The molecular formula is C11H12ClN3O2. The standard InChI is InChI=1S/C11H12ClN3O2/c1-3-8(11(16)17-2)10-13-9-5-4-7(12)6-15(9)14-10/h4-6,8H,3H2,1-2H3. The van der Waals surface area contributed by atoms with Crippen molar-refractivity contribution in [1.29, 1.82) is 0 Å². The first-order chi connectivity index (χ1) is 8.15. The number of carbonyl (C=O) groups is 1. The molecule has 90 valence electrons. The van der Waals surface area contributed by atoms with Crippen LogP contribution in [0.3, 0.4) is 0 Å². The lowest BCUT2D eigenvalue weighted by Gasteiger charge is -2.06. The van der Waals surface area contributed by atoms with Gasteiger partial charge in [0.2, 0.25) is 0 Å². The van der Waals surface area contributed by atoms with Crippen molar-refractivity contribution in [2.24, 2.45) is 0 Å². The van der Waals surface area contributed by atoms with Crippen molar-refractivity contribution in [3.63, 3.8) is 0 Å². The number of methoxy groups -OCH3 is 1. The van der Waals surface area contributed by atoms with Gasteiger partial charge in [-0.15, -0.1) is 0 Å². The summed E-state index contributed by atoms with van der Waals surface area (Å²) in [4.78, 5) is 15.8. The lowest BCUT2D eigenvalue weighted by molar-refractivity contribution is -0.142. The molecule has 0 aliphatic carbocycles. The first kappa shape index (κ1) is 11.9. The molecule has 1 atom stereocenters. The van der Waals surface area contributed by atoms with E-state index < -0.39 is 5.92 Å². The third-order valence-corrected chi connectivity index (χ3v) is 2.74. The molecule has 0 saturated heterocycles. The molecule has 2 heterocycles. The summed E-state index contributed by atoms with van der Waals surface area (Å²) in [6.07, 6.45) is 2.24. The van der Waals surface area contributed by atoms with E-state index in [1.165, 1.54) is 7.11 Å². The fraction of sp³-hybridized carbons (Fsp3) is 0.364. The Balaban J connectivity index is 2.44. The Morgan fingerprint density at radius 3 is 3.00 bits per heavy atom. The minimum absolute atomic E-state index is 0.325. The molecule has 0 aromatic carbocycles. The Bertz CT molecular complexity index is 553. The largest absolute Gasteiger partial charge is 0.468 e. The van der Waals surface area contributed by atoms with E-state index in [0.717, 1.165) is 0 Å². The zero-order chi connectivity index (χ0) is 12.4. The fourth-order valence-electron chi connectivity index (χ4n) is 1.62. The molecule has 0 spiro atoms. The van der Waals surface area contributed by atoms with Crippen LogP contribution in [0.1, 0.15) is 25.1 Å². The van der Waals surface area contributed by atoms with Gasteiger partial charge in [0.25, 0.3) is 0 Å². The van der Waals surface area contributed by atoms with Gasteiger partial charge in [0, 0.05) is 6.20 Å². The molecule has 17 heavy (non-hydrogen) atoms. The van der Waals surface area contributed by atoms with Crippen molar-refractivity contribution >= 4 is 23.2 Å². The van der Waals surface area contributed by atoms with Crippen LogP contribution in [0.25, 0.3) is 5.65 Å². The molecule has 0 radical (unpaired) electrons. The van der Waals surface area contributed by atoms with Crippen molar-refractivity contribution in [3.8, 4) is 0 Å². The lowest BCUT2D eigenvalue weighted by atomic mass is 10.1. The molecule has 2 aromatic heterocycles. The van der Waals surface area contributed by atoms with Gasteiger partial charge in [0.15, 0.2) is 11.5 Å². The average Bonchev–Trinajstić information content (AvgIpc) is 2.72. The summed E-state index contributed by atoms with van der Waals surface area (Å²) in [5, 5.41) is 4.80. The van der Waals surface area contributed by atoms with Gasteiger partial charge in [-0.05, 0) is 18.6 Å². The summed E-state index contributed by atoms with van der Waals surface area (Å²) >= 11 is 5.85. The molecule has 0 N–H and O–H groups in total. The summed E-state index contributed by atoms with van der Waals surface area (Å²) in [7, 11) is 1.36. The minimum atomic E-state index is -0.432. The number of rotatable bonds is 3. The number of carbonyl (C=O) groups excluding carboxylic acids is 1. The average molecular weight is 254 g/mol. The van der Waals surface area contributed by atoms with Gasteiger partial charge in [-0.1, -0.05) is 18.5 Å². The first-order valence-electron chi connectivity index (χ1n) is 5.25. The van der Waals surface area contributed by atoms with E-state index in [2.05, 4.69) is 10.1 Å². The van der Waals surface area contributed by atoms with Gasteiger partial charge in [-0.25, -0.2) is 9.50 Å². The van der Waals surface area contributed by atoms with E-state index in [1.54, 1.807) is 22.8 Å². The third kappa shape index (κ3) is 2.24. The number of esters is 1. The van der Waals surface area contributed by atoms with Crippen LogP contribution in [-0.2, 0) is 9.53 Å². The van der Waals surface area contributed by atoms with Crippen molar-refractivity contribution in [2.45, 2.75) is 19.3 Å². The number of ether oxygens (including phenoxy) is 1. The molecule has 0 aliphatic heterocycles. The van der Waals surface area contributed by atoms with Gasteiger partial charge in [-0.2, -0.15) is 5.10 Å². The van der Waals surface area contributed by atoms with Crippen molar-refractivity contribution in [3.05, 3.63) is 29.2 Å². The Labute approximate surface area is 103 Å². The Hall–Kier alpha value is -1.62. The number of aromatic nitrogens is 3. The maximum atomic E-state index is 11.5. The van der Waals surface area contributed by atoms with Crippen LogP contribution in [-0.4, -0.2) is 27.7 Å². The molecule has 2 aromatic rings. The summed E-state index contributed by atoms with van der Waals surface area (Å²) in [5.74, 6) is -0.296. The highest BCUT2D eigenvalue weighted by Crippen LogP contribution is 2.19. The normalized spacial score (nSPS) is 12.6. The summed E-state index contributed by atoms with van der Waals surface area (Å²) in [5.41, 5.74) is 0.659. The molecule has 6 heteroatoms. The van der Waals surface area contributed by atoms with Gasteiger partial charge in [0.05, 0.1) is 12.1 Å². The first-order valence-corrected chi connectivity index (χ1v) is 5.63. The highest BCUT2D eigenvalue weighted by atomic mass is 35.5. The highest BCUT2D eigenvalue weighted by Gasteiger charge is 2.23. The Morgan fingerprint density at radius 1 is 1.59 bits per heavy atom. The quantitative estimate of drug-likeness (QED) is 0.786. The van der Waals surface area contributed by atoms with Crippen LogP contribution in [0.15, 0.2) is 18.3 Å². The Morgan fingerprint density at radius 2 is 2.35 bits per heavy atom. The summed E-state index contributed by atoms with van der Waals surface area (Å²) in [6, 6.07) is 3.48. The number of hydrogen-bond acceptors (Lipinski definition) is 4. The van der Waals surface area contributed by atoms with Gasteiger partial charge in [0.1, 0.15) is 5.92 Å². The number of pyridine rings is 1. The molecule has 0 aliphatic rings. The highest BCUT2D eigenvalue weighted by molar-refractivity contribution is 6.30. The lowest BCUT2D eigenvalue weighted by Crippen LogP contribution is -2.15. The maximum Gasteiger partial charge on any atom is 0.316 e. The number of hydrogen-bond donors (Lipinski definition) is 0. The van der Waals surface area contributed by atoms with Crippen LogP contribution in [0.5, 0.6) is 0 Å². The van der Waals surface area contributed by atoms with Crippen LogP contribution >= 0.6 is 11.6 Å². The topological polar surface area (TPSA) is 56.5 Å². The molecule has 0 bridgehead atoms. The zero-order valence-corrected chi connectivity index (χ0v) is 10.3. The number of nitrogens with zero attached hydrogens (tertiary/aromatic N) is 3. The second-order valence-corrected chi connectivity index (χ2v) is 4.04. The predicted molar refractivity (Wildman–Crippen MR) is 63.0 cm³/mol. The van der Waals surface area contributed by atoms with Gasteiger partial charge < -0.3 is 4.74 Å². The molecule has 0 fully saturated rings. The predicted octanol–water partition coefficient (Wildman–Crippen LogP) is 2.05. The number of halogens is 1. The SMILES string of the molecule is CCC(C(=O)OC)c1nc2ccc(Cl)cn2n1. The van der Waals surface area contributed by atoms with Crippen molar-refractivity contribution in [2.75, 3.05) is 7.11 Å². The van der Waals surface area contributed by atoms with Gasteiger partial charge in [-0.3, -0.25) is 4.79 Å². The third-order valence-electron chi connectivity index (χ3n) is 2.52. The monoisotopic (exact) mass is 253 g/mol. The van der Waals surface area contributed by atoms with E-state index in [-0.39, 0.29) is 5.97 Å². The van der Waals surface area contributed by atoms with Crippen LogP contribution in [0.4, 0.5) is 0 Å². The van der Waals surface area contributed by atoms with Crippen LogP contribution < -0.4 is 0 Å². The van der Waals surface area contributed by atoms with Crippen LogP contribution in [0.2, 0.25) is 5.02 Å². The minimum Gasteiger partial charge on any atom is -0.468 e. The second kappa shape index (κ2) is 4.71. The van der Waals surface area contributed by atoms with E-state index in [4.69, 9.17) is 16.3 Å². The summed E-state index contributed by atoms with van der Waals surface area (Å²) < 4.78 is 6.28. The molecule has 2 rings (SSSR count). The van der Waals surface area contributed by atoms with E-state index in [0.29, 0.717) is 22.9 Å². The number of fused-ring (bicyclic) bond motifs is 1. The van der Waals surface area contributed by atoms with Crippen molar-refractivity contribution < 1.29 is 9.53 Å². The van der Waals surface area contributed by atoms with E-state index in [9.17, 15) is 4.79 Å². The van der Waals surface area contributed by atoms with Crippen molar-refractivity contribution in [1.82, 2.24) is 14.6 Å². The molecular weight excluding hydrogens is 242 g/mol. The Kier molecular flexibility index (Phi) is 3.28. The fourth-order valence-corrected chi connectivity index (χ4v) is 1.78. The van der Waals surface area contributed by atoms with E-state index in [1.807, 2.05) is 6.92 Å². The molecule has 0 amide bonds.